The summed E-state index contributed by atoms with van der Waals surface area (Å²) in [5, 5.41) is 12.0. The first-order valence-corrected chi connectivity index (χ1v) is 13.4. The van der Waals surface area contributed by atoms with Gasteiger partial charge in [-0.25, -0.2) is 8.42 Å². The van der Waals surface area contributed by atoms with Gasteiger partial charge in [-0.05, 0) is 62.8 Å². The van der Waals surface area contributed by atoms with Crippen molar-refractivity contribution >= 4 is 15.8 Å². The fraction of sp³-hybridized carbons (Fsp3) is 0.560. The van der Waals surface area contributed by atoms with E-state index in [0.29, 0.717) is 44.6 Å². The number of dihydropyridines is 1. The molecule has 0 unspecified atom stereocenters. The number of carbonyl (C=O) groups is 1. The van der Waals surface area contributed by atoms with Crippen LogP contribution in [0.4, 0.5) is 0 Å². The average Bonchev–Trinajstić information content (AvgIpc) is 3.22. The number of nitrogens with one attached hydrogen (secondary N) is 1. The van der Waals surface area contributed by atoms with Gasteiger partial charge < -0.3 is 10.1 Å². The number of hydrogen-bond acceptors (Lipinski definition) is 7. The summed E-state index contributed by atoms with van der Waals surface area (Å²) in [5.41, 5.74) is 2.20. The minimum atomic E-state index is -3.65. The van der Waals surface area contributed by atoms with Crippen LogP contribution in [0.25, 0.3) is 0 Å². The highest BCUT2D eigenvalue weighted by molar-refractivity contribution is 7.89. The molecule has 5 rings (SSSR count). The van der Waals surface area contributed by atoms with Crippen molar-refractivity contribution in [2.45, 2.75) is 64.4 Å². The van der Waals surface area contributed by atoms with E-state index >= 15 is 0 Å². The van der Waals surface area contributed by atoms with Crippen LogP contribution in [0.3, 0.4) is 0 Å². The Morgan fingerprint density at radius 1 is 1.09 bits per heavy atom. The Kier molecular flexibility index (Phi) is 5.48. The molecule has 1 aromatic carbocycles. The van der Waals surface area contributed by atoms with E-state index < -0.39 is 15.4 Å². The summed E-state index contributed by atoms with van der Waals surface area (Å²) >= 11 is 0. The van der Waals surface area contributed by atoms with Gasteiger partial charge in [-0.2, -0.15) is 9.42 Å². The highest BCUT2D eigenvalue weighted by atomic mass is 32.2. The van der Waals surface area contributed by atoms with E-state index in [-0.39, 0.29) is 22.2 Å². The zero-order valence-corrected chi connectivity index (χ0v) is 21.0. The molecule has 1 aliphatic carbocycles. The Hall–Kier alpha value is -2.52. The van der Waals surface area contributed by atoms with Crippen molar-refractivity contribution in [3.05, 3.63) is 46.9 Å². The summed E-state index contributed by atoms with van der Waals surface area (Å²) in [5.74, 6) is 1.56. The monoisotopic (exact) mass is 484 g/mol. The molecule has 0 saturated carbocycles. The van der Waals surface area contributed by atoms with E-state index in [1.807, 2.05) is 13.8 Å². The van der Waals surface area contributed by atoms with E-state index in [2.05, 4.69) is 29.4 Å². The third kappa shape index (κ3) is 3.79. The van der Waals surface area contributed by atoms with Gasteiger partial charge in [0.15, 0.2) is 11.6 Å². The van der Waals surface area contributed by atoms with Crippen LogP contribution in [0.15, 0.2) is 62.1 Å². The quantitative estimate of drug-likeness (QED) is 0.691. The molecule has 0 atom stereocenters. The Labute approximate surface area is 201 Å². The van der Waals surface area contributed by atoms with Gasteiger partial charge in [0.05, 0.1) is 17.5 Å². The van der Waals surface area contributed by atoms with Crippen LogP contribution in [-0.2, 0) is 14.8 Å². The highest BCUT2D eigenvalue weighted by Crippen LogP contribution is 2.55. The molecule has 0 aromatic heterocycles. The molecule has 3 heterocycles. The second-order valence-corrected chi connectivity index (χ2v) is 12.7. The predicted octanol–water partition coefficient (Wildman–Crippen LogP) is 4.17. The fourth-order valence-corrected chi connectivity index (χ4v) is 7.28. The van der Waals surface area contributed by atoms with Crippen molar-refractivity contribution in [3.63, 3.8) is 0 Å². The maximum atomic E-state index is 13.4. The predicted molar refractivity (Wildman–Crippen MR) is 128 cm³/mol. The number of fused-ring (bicyclic) bond motifs is 2. The number of piperidine rings is 1. The van der Waals surface area contributed by atoms with E-state index in [0.717, 1.165) is 29.1 Å². The molecule has 4 aliphatic rings. The molecule has 3 aliphatic heterocycles. The third-order valence-corrected chi connectivity index (χ3v) is 9.21. The number of sulfonamides is 1. The zero-order valence-electron chi connectivity index (χ0n) is 20.2. The number of hydrogen-bond donors (Lipinski definition) is 1. The fourth-order valence-electron chi connectivity index (χ4n) is 5.84. The van der Waals surface area contributed by atoms with Crippen molar-refractivity contribution in [2.24, 2.45) is 21.1 Å². The molecule has 9 heteroatoms. The molecule has 8 nitrogen and oxygen atoms in total. The van der Waals surface area contributed by atoms with E-state index in [9.17, 15) is 13.2 Å². The topological polar surface area (TPSA) is 100 Å². The molecule has 34 heavy (non-hydrogen) atoms. The van der Waals surface area contributed by atoms with E-state index in [4.69, 9.17) is 4.74 Å². The molecular weight excluding hydrogens is 452 g/mol. The number of Topliss-reactive ketones (excluding diaryl/α,β-unsaturated/α-hetero) is 1. The minimum Gasteiger partial charge on any atom is -0.491 e. The molecule has 0 amide bonds. The van der Waals surface area contributed by atoms with Gasteiger partial charge in [-0.1, -0.05) is 13.8 Å². The lowest BCUT2D eigenvalue weighted by Gasteiger charge is -2.48. The van der Waals surface area contributed by atoms with Crippen molar-refractivity contribution in [2.75, 3.05) is 19.6 Å². The standard InChI is InChI=1S/C25H32N4O4S/c1-16(2)33-17-5-7-18(8-6-17)34(31,32)29-11-9-25(10-12-29)19-15-26-28-23(19)27-20-13-24(3,4)14-21(30)22(20)25/h5-8,16,27H,9-15H2,1-4H3. The van der Waals surface area contributed by atoms with Crippen molar-refractivity contribution in [3.8, 4) is 5.75 Å². The van der Waals surface area contributed by atoms with Crippen molar-refractivity contribution in [1.82, 2.24) is 9.62 Å². The van der Waals surface area contributed by atoms with E-state index in [1.165, 1.54) is 0 Å². The number of allylic oxidation sites excluding steroid dienone is 2. The highest BCUT2D eigenvalue weighted by Gasteiger charge is 2.53. The van der Waals surface area contributed by atoms with Gasteiger partial charge in [-0.3, -0.25) is 4.79 Å². The normalized spacial score (nSPS) is 23.9. The van der Waals surface area contributed by atoms with Crippen LogP contribution in [0.2, 0.25) is 0 Å². The lowest BCUT2D eigenvalue weighted by molar-refractivity contribution is -0.119. The SMILES string of the molecule is CC(C)Oc1ccc(S(=O)(=O)N2CCC3(CC2)C2=C(N=NC2)NC2=C3C(=O)CC(C)(C)C2)cc1. The maximum Gasteiger partial charge on any atom is 0.243 e. The van der Waals surface area contributed by atoms with Crippen LogP contribution in [-0.4, -0.2) is 44.2 Å². The summed E-state index contributed by atoms with van der Waals surface area (Å²) in [6, 6.07) is 6.60. The van der Waals surface area contributed by atoms with E-state index in [1.54, 1.807) is 28.6 Å². The van der Waals surface area contributed by atoms with Crippen molar-refractivity contribution in [1.29, 1.82) is 0 Å². The van der Waals surface area contributed by atoms with Crippen LogP contribution < -0.4 is 10.1 Å². The Balaban J connectivity index is 1.42. The first-order valence-electron chi connectivity index (χ1n) is 11.9. The molecule has 1 spiro atoms. The molecule has 0 bridgehead atoms. The summed E-state index contributed by atoms with van der Waals surface area (Å²) in [4.78, 5) is 13.6. The molecule has 0 radical (unpaired) electrons. The number of nitrogens with zero attached hydrogens (tertiary/aromatic N) is 3. The van der Waals surface area contributed by atoms with Crippen LogP contribution in [0, 0.1) is 10.8 Å². The Bertz CT molecular complexity index is 1220. The summed E-state index contributed by atoms with van der Waals surface area (Å²) in [6.45, 7) is 9.22. The lowest BCUT2D eigenvalue weighted by atomic mass is 9.60. The average molecular weight is 485 g/mol. The first kappa shape index (κ1) is 23.2. The van der Waals surface area contributed by atoms with Gasteiger partial charge in [0.2, 0.25) is 10.0 Å². The van der Waals surface area contributed by atoms with Gasteiger partial charge >= 0.3 is 0 Å². The smallest absolute Gasteiger partial charge is 0.243 e. The zero-order chi connectivity index (χ0) is 24.3. The minimum absolute atomic E-state index is 0.0197. The Morgan fingerprint density at radius 2 is 1.76 bits per heavy atom. The number of ketones is 1. The molecule has 1 aromatic rings. The largest absolute Gasteiger partial charge is 0.491 e. The van der Waals surface area contributed by atoms with Crippen LogP contribution >= 0.6 is 0 Å². The molecule has 1 saturated heterocycles. The van der Waals surface area contributed by atoms with Crippen molar-refractivity contribution < 1.29 is 17.9 Å². The number of benzene rings is 1. The number of azo groups is 1. The first-order chi connectivity index (χ1) is 16.0. The van der Waals surface area contributed by atoms with Gasteiger partial charge in [0, 0.05) is 41.8 Å². The molecule has 1 fully saturated rings. The third-order valence-electron chi connectivity index (χ3n) is 7.30. The summed E-state index contributed by atoms with van der Waals surface area (Å²) < 4.78 is 34.0. The molecule has 182 valence electrons. The lowest BCUT2D eigenvalue weighted by Crippen LogP contribution is -2.50. The number of rotatable bonds is 4. The summed E-state index contributed by atoms with van der Waals surface area (Å²) in [6.07, 6.45) is 2.40. The second-order valence-electron chi connectivity index (χ2n) is 10.8. The van der Waals surface area contributed by atoms with Crippen LogP contribution in [0.5, 0.6) is 5.75 Å². The second kappa shape index (κ2) is 8.02. The van der Waals surface area contributed by atoms with Gasteiger partial charge in [0.1, 0.15) is 5.75 Å². The van der Waals surface area contributed by atoms with Crippen LogP contribution in [0.1, 0.15) is 53.4 Å². The molecular formula is C25H32N4O4S. The maximum absolute atomic E-state index is 13.4. The summed E-state index contributed by atoms with van der Waals surface area (Å²) in [7, 11) is -3.65. The number of ether oxygens (including phenoxy) is 1. The Morgan fingerprint density at radius 3 is 2.41 bits per heavy atom. The number of carbonyl (C=O) groups excluding carboxylic acids is 1. The van der Waals surface area contributed by atoms with Gasteiger partial charge in [0.25, 0.3) is 0 Å². The molecule has 1 N–H and O–H groups in total. The van der Waals surface area contributed by atoms with Gasteiger partial charge in [-0.15, -0.1) is 5.11 Å².